The Hall–Kier alpha value is -0.570. The predicted molar refractivity (Wildman–Crippen MR) is 32.8 cm³/mol. The molecule has 2 N–H and O–H groups in total. The van der Waals surface area contributed by atoms with Crippen LogP contribution < -0.4 is 5.73 Å². The van der Waals surface area contributed by atoms with Gasteiger partial charge in [-0.05, 0) is 12.8 Å². The SMILES string of the molecule is N[C@@H]1CCOC(=O)CC1. The fraction of sp³-hybridized carbons (Fsp3) is 0.833. The molecule has 0 amide bonds. The summed E-state index contributed by atoms with van der Waals surface area (Å²) in [6.07, 6.45) is 2.08. The summed E-state index contributed by atoms with van der Waals surface area (Å²) in [5.74, 6) is -0.108. The average Bonchev–Trinajstić information content (AvgIpc) is 1.97. The second-order valence-electron chi connectivity index (χ2n) is 2.31. The molecule has 1 aliphatic heterocycles. The van der Waals surface area contributed by atoms with Gasteiger partial charge in [-0.3, -0.25) is 4.79 Å². The highest BCUT2D eigenvalue weighted by Gasteiger charge is 2.12. The fourth-order valence-corrected chi connectivity index (χ4v) is 0.844. The molecule has 1 heterocycles. The van der Waals surface area contributed by atoms with E-state index in [1.165, 1.54) is 0 Å². The summed E-state index contributed by atoms with van der Waals surface area (Å²) in [5, 5.41) is 0. The van der Waals surface area contributed by atoms with Gasteiger partial charge in [-0.2, -0.15) is 0 Å². The molecular formula is C6H11NO2. The van der Waals surface area contributed by atoms with Crippen molar-refractivity contribution in [2.45, 2.75) is 25.3 Å². The minimum absolute atomic E-state index is 0.108. The Kier molecular flexibility index (Phi) is 2.05. The van der Waals surface area contributed by atoms with Crippen LogP contribution in [-0.4, -0.2) is 18.6 Å². The van der Waals surface area contributed by atoms with E-state index in [-0.39, 0.29) is 12.0 Å². The number of cyclic esters (lactones) is 1. The molecule has 0 aliphatic carbocycles. The van der Waals surface area contributed by atoms with Crippen LogP contribution in [0.5, 0.6) is 0 Å². The number of carbonyl (C=O) groups is 1. The van der Waals surface area contributed by atoms with Crippen LogP contribution in [0.4, 0.5) is 0 Å². The van der Waals surface area contributed by atoms with E-state index in [9.17, 15) is 4.79 Å². The van der Waals surface area contributed by atoms with Crippen molar-refractivity contribution < 1.29 is 9.53 Å². The van der Waals surface area contributed by atoms with Gasteiger partial charge in [0.25, 0.3) is 0 Å². The molecule has 1 atom stereocenters. The zero-order chi connectivity index (χ0) is 6.69. The van der Waals surface area contributed by atoms with E-state index in [2.05, 4.69) is 0 Å². The topological polar surface area (TPSA) is 52.3 Å². The summed E-state index contributed by atoms with van der Waals surface area (Å²) >= 11 is 0. The summed E-state index contributed by atoms with van der Waals surface area (Å²) in [7, 11) is 0. The normalized spacial score (nSPS) is 29.0. The van der Waals surface area contributed by atoms with Gasteiger partial charge in [0.2, 0.25) is 0 Å². The lowest BCUT2D eigenvalue weighted by Crippen LogP contribution is -2.19. The molecule has 0 radical (unpaired) electrons. The van der Waals surface area contributed by atoms with Gasteiger partial charge in [-0.15, -0.1) is 0 Å². The molecule has 0 aromatic carbocycles. The largest absolute Gasteiger partial charge is 0.466 e. The van der Waals surface area contributed by atoms with E-state index in [1.807, 2.05) is 0 Å². The molecule has 9 heavy (non-hydrogen) atoms. The first-order valence-electron chi connectivity index (χ1n) is 3.20. The maximum atomic E-state index is 10.6. The third kappa shape index (κ3) is 2.01. The van der Waals surface area contributed by atoms with Crippen molar-refractivity contribution in [1.82, 2.24) is 0 Å². The molecule has 3 nitrogen and oxygen atoms in total. The molecule has 0 unspecified atom stereocenters. The highest BCUT2D eigenvalue weighted by Crippen LogP contribution is 2.05. The van der Waals surface area contributed by atoms with Crippen LogP contribution in [-0.2, 0) is 9.53 Å². The molecule has 52 valence electrons. The van der Waals surface area contributed by atoms with Crippen LogP contribution in [0.1, 0.15) is 19.3 Å². The predicted octanol–water partition coefficient (Wildman–Crippen LogP) is 0.0408. The van der Waals surface area contributed by atoms with E-state index in [4.69, 9.17) is 10.5 Å². The van der Waals surface area contributed by atoms with Gasteiger partial charge in [-0.1, -0.05) is 0 Å². The first-order chi connectivity index (χ1) is 4.29. The van der Waals surface area contributed by atoms with Gasteiger partial charge < -0.3 is 10.5 Å². The molecule has 1 fully saturated rings. The minimum atomic E-state index is -0.108. The summed E-state index contributed by atoms with van der Waals surface area (Å²) < 4.78 is 4.75. The standard InChI is InChI=1S/C6H11NO2/c7-5-1-2-6(8)9-4-3-5/h5H,1-4,7H2/t5-/m0/s1. The Bertz CT molecular complexity index is 114. The maximum Gasteiger partial charge on any atom is 0.305 e. The van der Waals surface area contributed by atoms with Crippen molar-refractivity contribution in [3.8, 4) is 0 Å². The lowest BCUT2D eigenvalue weighted by molar-refractivity contribution is -0.142. The smallest absolute Gasteiger partial charge is 0.305 e. The molecule has 0 bridgehead atoms. The zero-order valence-electron chi connectivity index (χ0n) is 5.30. The number of carbonyl (C=O) groups excluding carboxylic acids is 1. The number of hydrogen-bond donors (Lipinski definition) is 1. The number of ether oxygens (including phenoxy) is 1. The minimum Gasteiger partial charge on any atom is -0.466 e. The van der Waals surface area contributed by atoms with Gasteiger partial charge in [0.1, 0.15) is 0 Å². The van der Waals surface area contributed by atoms with Crippen LogP contribution >= 0.6 is 0 Å². The number of hydrogen-bond acceptors (Lipinski definition) is 3. The second-order valence-corrected chi connectivity index (χ2v) is 2.31. The van der Waals surface area contributed by atoms with Crippen LogP contribution in [0.15, 0.2) is 0 Å². The van der Waals surface area contributed by atoms with E-state index in [0.717, 1.165) is 12.8 Å². The van der Waals surface area contributed by atoms with E-state index < -0.39 is 0 Å². The molecule has 1 saturated heterocycles. The van der Waals surface area contributed by atoms with E-state index in [1.54, 1.807) is 0 Å². The van der Waals surface area contributed by atoms with Gasteiger partial charge in [0, 0.05) is 12.5 Å². The number of rotatable bonds is 0. The molecule has 0 spiro atoms. The molecule has 3 heteroatoms. The Morgan fingerprint density at radius 3 is 3.11 bits per heavy atom. The first-order valence-corrected chi connectivity index (χ1v) is 3.20. The van der Waals surface area contributed by atoms with E-state index >= 15 is 0 Å². The summed E-state index contributed by atoms with van der Waals surface area (Å²) in [6.45, 7) is 0.500. The van der Waals surface area contributed by atoms with Crippen molar-refractivity contribution >= 4 is 5.97 Å². The Morgan fingerprint density at radius 1 is 1.56 bits per heavy atom. The number of esters is 1. The first kappa shape index (κ1) is 6.55. The molecular weight excluding hydrogens is 118 g/mol. The highest BCUT2D eigenvalue weighted by molar-refractivity contribution is 5.69. The van der Waals surface area contributed by atoms with Gasteiger partial charge in [0.05, 0.1) is 6.61 Å². The molecule has 0 aromatic rings. The van der Waals surface area contributed by atoms with E-state index in [0.29, 0.717) is 13.0 Å². The molecule has 1 aliphatic rings. The quantitative estimate of drug-likeness (QED) is 0.470. The maximum absolute atomic E-state index is 10.6. The monoisotopic (exact) mass is 129 g/mol. The Balaban J connectivity index is 2.34. The van der Waals surface area contributed by atoms with Crippen LogP contribution in [0.2, 0.25) is 0 Å². The third-order valence-electron chi connectivity index (χ3n) is 1.47. The zero-order valence-corrected chi connectivity index (χ0v) is 5.30. The van der Waals surface area contributed by atoms with Crippen LogP contribution in [0.25, 0.3) is 0 Å². The van der Waals surface area contributed by atoms with Crippen molar-refractivity contribution in [3.05, 3.63) is 0 Å². The van der Waals surface area contributed by atoms with Gasteiger partial charge in [-0.25, -0.2) is 0 Å². The molecule has 0 saturated carbocycles. The van der Waals surface area contributed by atoms with Crippen molar-refractivity contribution in [3.63, 3.8) is 0 Å². The molecule has 1 rings (SSSR count). The van der Waals surface area contributed by atoms with Gasteiger partial charge >= 0.3 is 5.97 Å². The van der Waals surface area contributed by atoms with Crippen molar-refractivity contribution in [2.75, 3.05) is 6.61 Å². The van der Waals surface area contributed by atoms with Crippen molar-refractivity contribution in [1.29, 1.82) is 0 Å². The summed E-state index contributed by atoms with van der Waals surface area (Å²) in [4.78, 5) is 10.6. The lowest BCUT2D eigenvalue weighted by Gasteiger charge is -2.01. The Morgan fingerprint density at radius 2 is 2.33 bits per heavy atom. The Labute approximate surface area is 54.2 Å². The van der Waals surface area contributed by atoms with Crippen LogP contribution in [0, 0.1) is 0 Å². The lowest BCUT2D eigenvalue weighted by atomic mass is 10.1. The summed E-state index contributed by atoms with van der Waals surface area (Å²) in [5.41, 5.74) is 5.56. The van der Waals surface area contributed by atoms with Crippen molar-refractivity contribution in [2.24, 2.45) is 5.73 Å². The van der Waals surface area contributed by atoms with Crippen LogP contribution in [0.3, 0.4) is 0 Å². The fourth-order valence-electron chi connectivity index (χ4n) is 0.844. The number of nitrogens with two attached hydrogens (primary N) is 1. The van der Waals surface area contributed by atoms with Gasteiger partial charge in [0.15, 0.2) is 0 Å². The average molecular weight is 129 g/mol. The second kappa shape index (κ2) is 2.82. The highest BCUT2D eigenvalue weighted by atomic mass is 16.5. The molecule has 0 aromatic heterocycles. The third-order valence-corrected chi connectivity index (χ3v) is 1.47. The summed E-state index contributed by atoms with van der Waals surface area (Å²) in [6, 6.07) is 0.163.